The van der Waals surface area contributed by atoms with E-state index in [0.717, 1.165) is 11.1 Å². The molecule has 0 atom stereocenters. The fraction of sp³-hybridized carbons (Fsp3) is 0.357. The van der Waals surface area contributed by atoms with Crippen molar-refractivity contribution in [3.05, 3.63) is 35.4 Å². The lowest BCUT2D eigenvalue weighted by atomic mass is 10.1. The van der Waals surface area contributed by atoms with Crippen LogP contribution >= 0.6 is 0 Å². The first kappa shape index (κ1) is 14.1. The van der Waals surface area contributed by atoms with Gasteiger partial charge in [0, 0.05) is 6.08 Å². The third kappa shape index (κ3) is 3.80. The predicted octanol–water partition coefficient (Wildman–Crippen LogP) is 2.37. The second kappa shape index (κ2) is 6.69. The third-order valence-electron chi connectivity index (χ3n) is 2.50. The van der Waals surface area contributed by atoms with Crippen molar-refractivity contribution in [3.63, 3.8) is 0 Å². The lowest BCUT2D eigenvalue weighted by Crippen LogP contribution is -1.98. The molecule has 1 aromatic rings. The van der Waals surface area contributed by atoms with E-state index in [-0.39, 0.29) is 5.97 Å². The van der Waals surface area contributed by atoms with E-state index in [2.05, 4.69) is 4.74 Å². The van der Waals surface area contributed by atoms with Gasteiger partial charge in [-0.3, -0.25) is 0 Å². The van der Waals surface area contributed by atoms with Crippen molar-refractivity contribution in [3.8, 4) is 11.5 Å². The number of allylic oxidation sites excluding steroid dienone is 1. The van der Waals surface area contributed by atoms with Crippen LogP contribution in [0.2, 0.25) is 0 Å². The van der Waals surface area contributed by atoms with Gasteiger partial charge in [-0.25, -0.2) is 4.79 Å². The zero-order valence-electron chi connectivity index (χ0n) is 11.1. The normalized spacial score (nSPS) is 11.0. The Labute approximate surface area is 107 Å². The average Bonchev–Trinajstić information content (AvgIpc) is 2.38. The van der Waals surface area contributed by atoms with Gasteiger partial charge in [-0.15, -0.1) is 0 Å². The Morgan fingerprint density at radius 2 is 1.83 bits per heavy atom. The molecule has 0 spiro atoms. The van der Waals surface area contributed by atoms with E-state index < -0.39 is 0 Å². The monoisotopic (exact) mass is 250 g/mol. The molecule has 0 amide bonds. The number of carbonyl (C=O) groups excluding carboxylic acids is 1. The van der Waals surface area contributed by atoms with Crippen LogP contribution in [0.25, 0.3) is 0 Å². The molecule has 0 saturated heterocycles. The summed E-state index contributed by atoms with van der Waals surface area (Å²) in [5.74, 6) is 1.03. The molecule has 0 heterocycles. The maximum absolute atomic E-state index is 11.1. The molecule has 0 aromatic heterocycles. The van der Waals surface area contributed by atoms with Gasteiger partial charge < -0.3 is 14.2 Å². The van der Waals surface area contributed by atoms with Gasteiger partial charge in [-0.2, -0.15) is 0 Å². The topological polar surface area (TPSA) is 44.8 Å². The summed E-state index contributed by atoms with van der Waals surface area (Å²) >= 11 is 0. The first-order valence-electron chi connectivity index (χ1n) is 5.56. The molecule has 0 aliphatic rings. The number of esters is 1. The lowest BCUT2D eigenvalue weighted by Gasteiger charge is -2.09. The van der Waals surface area contributed by atoms with Crippen LogP contribution in [0.5, 0.6) is 11.5 Å². The number of rotatable bonds is 5. The molecule has 4 heteroatoms. The minimum atomic E-state index is -0.340. The van der Waals surface area contributed by atoms with Crippen molar-refractivity contribution in [2.24, 2.45) is 0 Å². The third-order valence-corrected chi connectivity index (χ3v) is 2.50. The minimum absolute atomic E-state index is 0.340. The van der Waals surface area contributed by atoms with E-state index in [1.807, 2.05) is 25.1 Å². The summed E-state index contributed by atoms with van der Waals surface area (Å²) < 4.78 is 15.0. The number of hydrogen-bond acceptors (Lipinski definition) is 4. The minimum Gasteiger partial charge on any atom is -0.493 e. The standard InChI is InChI=1S/C14H18O4/c1-10(8-14(15)18-4)7-11-5-6-12(16-2)13(9-11)17-3/h5-6,8-9H,7H2,1-4H3/b10-8-. The van der Waals surface area contributed by atoms with E-state index in [1.165, 1.54) is 13.2 Å². The Bertz CT molecular complexity index is 449. The molecule has 98 valence electrons. The number of methoxy groups -OCH3 is 3. The molecule has 0 saturated carbocycles. The molecular weight excluding hydrogens is 232 g/mol. The highest BCUT2D eigenvalue weighted by Gasteiger charge is 2.05. The molecule has 0 bridgehead atoms. The van der Waals surface area contributed by atoms with Gasteiger partial charge in [0.1, 0.15) is 0 Å². The average molecular weight is 250 g/mol. The van der Waals surface area contributed by atoms with E-state index in [4.69, 9.17) is 9.47 Å². The van der Waals surface area contributed by atoms with Crippen LogP contribution in [0.4, 0.5) is 0 Å². The van der Waals surface area contributed by atoms with Crippen molar-refractivity contribution in [2.75, 3.05) is 21.3 Å². The Kier molecular flexibility index (Phi) is 5.24. The Morgan fingerprint density at radius 1 is 1.17 bits per heavy atom. The first-order chi connectivity index (χ1) is 8.60. The van der Waals surface area contributed by atoms with E-state index >= 15 is 0 Å². The number of ether oxygens (including phenoxy) is 3. The van der Waals surface area contributed by atoms with Crippen LogP contribution in [-0.2, 0) is 16.0 Å². The van der Waals surface area contributed by atoms with Crippen molar-refractivity contribution in [2.45, 2.75) is 13.3 Å². The van der Waals surface area contributed by atoms with E-state index in [1.54, 1.807) is 14.2 Å². The number of carbonyl (C=O) groups is 1. The van der Waals surface area contributed by atoms with Crippen molar-refractivity contribution in [1.29, 1.82) is 0 Å². The molecule has 0 aliphatic carbocycles. The molecule has 1 aromatic carbocycles. The van der Waals surface area contributed by atoms with Crippen molar-refractivity contribution >= 4 is 5.97 Å². The first-order valence-corrected chi connectivity index (χ1v) is 5.56. The summed E-state index contributed by atoms with van der Waals surface area (Å²) in [6.07, 6.45) is 2.15. The highest BCUT2D eigenvalue weighted by molar-refractivity contribution is 5.82. The van der Waals surface area contributed by atoms with Crippen molar-refractivity contribution in [1.82, 2.24) is 0 Å². The van der Waals surface area contributed by atoms with Crippen LogP contribution in [0, 0.1) is 0 Å². The molecule has 0 unspecified atom stereocenters. The highest BCUT2D eigenvalue weighted by atomic mass is 16.5. The van der Waals surface area contributed by atoms with Crippen LogP contribution in [0.1, 0.15) is 12.5 Å². The quantitative estimate of drug-likeness (QED) is 0.594. The van der Waals surface area contributed by atoms with Crippen molar-refractivity contribution < 1.29 is 19.0 Å². The lowest BCUT2D eigenvalue weighted by molar-refractivity contribution is -0.134. The highest BCUT2D eigenvalue weighted by Crippen LogP contribution is 2.28. The zero-order chi connectivity index (χ0) is 13.5. The van der Waals surface area contributed by atoms with E-state index in [0.29, 0.717) is 17.9 Å². The van der Waals surface area contributed by atoms with E-state index in [9.17, 15) is 4.79 Å². The Balaban J connectivity index is 2.85. The summed E-state index contributed by atoms with van der Waals surface area (Å²) in [4.78, 5) is 11.1. The van der Waals surface area contributed by atoms with Gasteiger partial charge in [0.25, 0.3) is 0 Å². The van der Waals surface area contributed by atoms with Crippen LogP contribution in [-0.4, -0.2) is 27.3 Å². The van der Waals surface area contributed by atoms with Crippen LogP contribution in [0.15, 0.2) is 29.8 Å². The molecule has 4 nitrogen and oxygen atoms in total. The van der Waals surface area contributed by atoms with Gasteiger partial charge in [0.2, 0.25) is 0 Å². The summed E-state index contributed by atoms with van der Waals surface area (Å²) in [5, 5.41) is 0. The second-order valence-electron chi connectivity index (χ2n) is 3.88. The molecular formula is C14H18O4. The SMILES string of the molecule is COC(=O)/C=C(/C)Cc1ccc(OC)c(OC)c1. The summed E-state index contributed by atoms with van der Waals surface area (Å²) in [5.41, 5.74) is 1.97. The molecule has 0 fully saturated rings. The Hall–Kier alpha value is -1.97. The maximum Gasteiger partial charge on any atom is 0.330 e. The van der Waals surface area contributed by atoms with Gasteiger partial charge in [-0.1, -0.05) is 11.6 Å². The summed E-state index contributed by atoms with van der Waals surface area (Å²) in [6.45, 7) is 1.88. The zero-order valence-corrected chi connectivity index (χ0v) is 11.1. The largest absolute Gasteiger partial charge is 0.493 e. The molecule has 18 heavy (non-hydrogen) atoms. The maximum atomic E-state index is 11.1. The predicted molar refractivity (Wildman–Crippen MR) is 69.0 cm³/mol. The van der Waals surface area contributed by atoms with Gasteiger partial charge in [0.05, 0.1) is 21.3 Å². The van der Waals surface area contributed by atoms with Gasteiger partial charge in [-0.05, 0) is 31.0 Å². The second-order valence-corrected chi connectivity index (χ2v) is 3.88. The molecule has 0 radical (unpaired) electrons. The smallest absolute Gasteiger partial charge is 0.330 e. The fourth-order valence-electron chi connectivity index (χ4n) is 1.62. The number of benzene rings is 1. The molecule has 1 rings (SSSR count). The molecule has 0 aliphatic heterocycles. The van der Waals surface area contributed by atoms with Gasteiger partial charge >= 0.3 is 5.97 Å². The van der Waals surface area contributed by atoms with Crippen LogP contribution < -0.4 is 9.47 Å². The van der Waals surface area contributed by atoms with Gasteiger partial charge in [0.15, 0.2) is 11.5 Å². The fourth-order valence-corrected chi connectivity index (χ4v) is 1.62. The molecule has 0 N–H and O–H groups in total. The van der Waals surface area contributed by atoms with Crippen LogP contribution in [0.3, 0.4) is 0 Å². The summed E-state index contributed by atoms with van der Waals surface area (Å²) in [6, 6.07) is 5.68. The number of hydrogen-bond donors (Lipinski definition) is 0. The summed E-state index contributed by atoms with van der Waals surface area (Å²) in [7, 11) is 4.56. The Morgan fingerprint density at radius 3 is 2.39 bits per heavy atom.